The molecule has 0 saturated carbocycles. The van der Waals surface area contributed by atoms with Gasteiger partial charge < -0.3 is 0 Å². The van der Waals surface area contributed by atoms with E-state index in [2.05, 4.69) is 15.5 Å². The SMILES string of the molecule is O=C(Cc1cccs1)Nn1cnc2c(cnn2-c2cccc(Cl)c2)c1=O. The predicted octanol–water partition coefficient (Wildman–Crippen LogP) is 2.61. The molecule has 4 aromatic rings. The van der Waals surface area contributed by atoms with Gasteiger partial charge in [0, 0.05) is 9.90 Å². The minimum Gasteiger partial charge on any atom is -0.273 e. The number of aromatic nitrogens is 4. The highest BCUT2D eigenvalue weighted by Crippen LogP contribution is 2.17. The van der Waals surface area contributed by atoms with Gasteiger partial charge in [-0.15, -0.1) is 11.3 Å². The van der Waals surface area contributed by atoms with E-state index in [9.17, 15) is 9.59 Å². The molecular formula is C17H12ClN5O2S. The Morgan fingerprint density at radius 1 is 1.27 bits per heavy atom. The molecule has 130 valence electrons. The van der Waals surface area contributed by atoms with Gasteiger partial charge in [0.2, 0.25) is 5.91 Å². The first kappa shape index (κ1) is 16.5. The van der Waals surface area contributed by atoms with Crippen molar-refractivity contribution >= 4 is 39.9 Å². The summed E-state index contributed by atoms with van der Waals surface area (Å²) in [4.78, 5) is 29.9. The number of hydrogen-bond acceptors (Lipinski definition) is 5. The second kappa shape index (κ2) is 6.74. The van der Waals surface area contributed by atoms with E-state index in [1.807, 2.05) is 23.6 Å². The van der Waals surface area contributed by atoms with Crippen LogP contribution >= 0.6 is 22.9 Å². The third-order valence-corrected chi connectivity index (χ3v) is 4.81. The molecule has 1 aromatic carbocycles. The molecule has 9 heteroatoms. The molecule has 0 fully saturated rings. The Balaban J connectivity index is 1.66. The summed E-state index contributed by atoms with van der Waals surface area (Å²) < 4.78 is 2.60. The number of thiophene rings is 1. The van der Waals surface area contributed by atoms with Gasteiger partial charge in [-0.2, -0.15) is 5.10 Å². The van der Waals surface area contributed by atoms with Crippen LogP contribution in [0.25, 0.3) is 16.7 Å². The van der Waals surface area contributed by atoms with Crippen molar-refractivity contribution in [2.24, 2.45) is 0 Å². The van der Waals surface area contributed by atoms with E-state index >= 15 is 0 Å². The average molecular weight is 386 g/mol. The van der Waals surface area contributed by atoms with Crippen LogP contribution in [0, 0.1) is 0 Å². The molecule has 7 nitrogen and oxygen atoms in total. The van der Waals surface area contributed by atoms with Crippen LogP contribution in [-0.2, 0) is 11.2 Å². The maximum absolute atomic E-state index is 12.6. The molecule has 0 aliphatic heterocycles. The molecule has 0 unspecified atom stereocenters. The summed E-state index contributed by atoms with van der Waals surface area (Å²) in [5, 5.41) is 6.97. The molecule has 0 atom stereocenters. The second-order valence-electron chi connectivity index (χ2n) is 5.48. The summed E-state index contributed by atoms with van der Waals surface area (Å²) in [6.07, 6.45) is 2.90. The summed E-state index contributed by atoms with van der Waals surface area (Å²) in [6.45, 7) is 0. The average Bonchev–Trinajstić information content (AvgIpc) is 3.27. The van der Waals surface area contributed by atoms with Crippen LogP contribution in [-0.4, -0.2) is 25.3 Å². The van der Waals surface area contributed by atoms with Gasteiger partial charge in [0.1, 0.15) is 11.7 Å². The standard InChI is InChI=1S/C17H12ClN5O2S/c18-11-3-1-4-12(7-11)23-16-14(9-20-23)17(25)22(10-19-16)21-15(24)8-13-5-2-6-26-13/h1-7,9-10H,8H2,(H,21,24). The highest BCUT2D eigenvalue weighted by molar-refractivity contribution is 7.10. The normalized spacial score (nSPS) is 11.0. The summed E-state index contributed by atoms with van der Waals surface area (Å²) >= 11 is 7.49. The first-order chi connectivity index (χ1) is 12.6. The zero-order chi connectivity index (χ0) is 18.1. The van der Waals surface area contributed by atoms with Crippen LogP contribution in [0.5, 0.6) is 0 Å². The molecule has 0 bridgehead atoms. The van der Waals surface area contributed by atoms with Crippen molar-refractivity contribution in [3.8, 4) is 5.69 Å². The largest absolute Gasteiger partial charge is 0.283 e. The highest BCUT2D eigenvalue weighted by atomic mass is 35.5. The Bertz CT molecular complexity index is 1150. The molecule has 1 amide bonds. The molecule has 0 aliphatic carbocycles. The Morgan fingerprint density at radius 2 is 2.15 bits per heavy atom. The fourth-order valence-corrected chi connectivity index (χ4v) is 3.42. The minimum atomic E-state index is -0.400. The highest BCUT2D eigenvalue weighted by Gasteiger charge is 2.13. The second-order valence-corrected chi connectivity index (χ2v) is 6.95. The van der Waals surface area contributed by atoms with Gasteiger partial charge in [0.05, 0.1) is 18.3 Å². The van der Waals surface area contributed by atoms with Gasteiger partial charge in [-0.3, -0.25) is 15.0 Å². The number of fused-ring (bicyclic) bond motifs is 1. The lowest BCUT2D eigenvalue weighted by molar-refractivity contribution is -0.116. The van der Waals surface area contributed by atoms with Gasteiger partial charge in [-0.05, 0) is 29.6 Å². The minimum absolute atomic E-state index is 0.198. The number of amides is 1. The number of nitrogens with zero attached hydrogens (tertiary/aromatic N) is 4. The van der Waals surface area contributed by atoms with Crippen molar-refractivity contribution in [1.29, 1.82) is 0 Å². The van der Waals surface area contributed by atoms with Gasteiger partial charge in [0.25, 0.3) is 5.56 Å². The van der Waals surface area contributed by atoms with Crippen molar-refractivity contribution in [2.75, 3.05) is 5.43 Å². The van der Waals surface area contributed by atoms with Crippen molar-refractivity contribution < 1.29 is 4.79 Å². The zero-order valence-electron chi connectivity index (χ0n) is 13.3. The molecule has 1 N–H and O–H groups in total. The van der Waals surface area contributed by atoms with Gasteiger partial charge in [0.15, 0.2) is 5.65 Å². The van der Waals surface area contributed by atoms with Crippen molar-refractivity contribution in [1.82, 2.24) is 19.4 Å². The van der Waals surface area contributed by atoms with Crippen LogP contribution in [0.3, 0.4) is 0 Å². The lowest BCUT2D eigenvalue weighted by Crippen LogP contribution is -2.33. The summed E-state index contributed by atoms with van der Waals surface area (Å²) in [5.41, 5.74) is 3.23. The molecule has 26 heavy (non-hydrogen) atoms. The number of benzene rings is 1. The third kappa shape index (κ3) is 3.12. The number of halogens is 1. The number of carbonyl (C=O) groups excluding carboxylic acids is 1. The van der Waals surface area contributed by atoms with E-state index in [-0.39, 0.29) is 12.3 Å². The maximum Gasteiger partial charge on any atom is 0.283 e. The molecule has 4 rings (SSSR count). The number of carbonyl (C=O) groups is 1. The predicted molar refractivity (Wildman–Crippen MR) is 101 cm³/mol. The van der Waals surface area contributed by atoms with E-state index in [0.29, 0.717) is 21.7 Å². The summed E-state index contributed by atoms with van der Waals surface area (Å²) in [6, 6.07) is 10.8. The summed E-state index contributed by atoms with van der Waals surface area (Å²) in [7, 11) is 0. The van der Waals surface area contributed by atoms with Gasteiger partial charge in [-0.25, -0.2) is 14.3 Å². The van der Waals surface area contributed by atoms with Crippen LogP contribution < -0.4 is 11.0 Å². The monoisotopic (exact) mass is 385 g/mol. The topological polar surface area (TPSA) is 81.8 Å². The molecule has 0 aliphatic rings. The molecule has 0 radical (unpaired) electrons. The quantitative estimate of drug-likeness (QED) is 0.585. The van der Waals surface area contributed by atoms with Crippen LogP contribution in [0.1, 0.15) is 4.88 Å². The third-order valence-electron chi connectivity index (χ3n) is 3.70. The maximum atomic E-state index is 12.6. The van der Waals surface area contributed by atoms with E-state index in [1.165, 1.54) is 28.5 Å². The molecule has 0 spiro atoms. The molecule has 3 aromatic heterocycles. The smallest absolute Gasteiger partial charge is 0.273 e. The zero-order valence-corrected chi connectivity index (χ0v) is 14.9. The van der Waals surface area contributed by atoms with Crippen LogP contribution in [0.4, 0.5) is 0 Å². The summed E-state index contributed by atoms with van der Waals surface area (Å²) in [5.74, 6) is -0.294. The number of rotatable bonds is 4. The van der Waals surface area contributed by atoms with E-state index in [4.69, 9.17) is 11.6 Å². The molecule has 0 saturated heterocycles. The molecule has 3 heterocycles. The van der Waals surface area contributed by atoms with E-state index < -0.39 is 5.56 Å². The van der Waals surface area contributed by atoms with Crippen LogP contribution in [0.15, 0.2) is 59.1 Å². The Labute approximate surface area is 156 Å². The van der Waals surface area contributed by atoms with Crippen molar-refractivity contribution in [3.63, 3.8) is 0 Å². The molecular weight excluding hydrogens is 374 g/mol. The first-order valence-electron chi connectivity index (χ1n) is 7.65. The van der Waals surface area contributed by atoms with E-state index in [0.717, 1.165) is 9.55 Å². The number of nitrogens with one attached hydrogen (secondary N) is 1. The fraction of sp³-hybridized carbons (Fsp3) is 0.0588. The van der Waals surface area contributed by atoms with E-state index in [1.54, 1.807) is 18.2 Å². The first-order valence-corrected chi connectivity index (χ1v) is 8.91. The van der Waals surface area contributed by atoms with Crippen LogP contribution in [0.2, 0.25) is 5.02 Å². The lowest BCUT2D eigenvalue weighted by atomic mass is 10.3. The van der Waals surface area contributed by atoms with Crippen molar-refractivity contribution in [3.05, 3.63) is 74.6 Å². The number of hydrogen-bond donors (Lipinski definition) is 1. The fourth-order valence-electron chi connectivity index (χ4n) is 2.53. The Hall–Kier alpha value is -2.97. The lowest BCUT2D eigenvalue weighted by Gasteiger charge is -2.07. The Morgan fingerprint density at radius 3 is 2.92 bits per heavy atom. The van der Waals surface area contributed by atoms with Gasteiger partial charge >= 0.3 is 0 Å². The Kier molecular flexibility index (Phi) is 4.27. The van der Waals surface area contributed by atoms with Crippen molar-refractivity contribution in [2.45, 2.75) is 6.42 Å². The van der Waals surface area contributed by atoms with Gasteiger partial charge in [-0.1, -0.05) is 23.7 Å².